The van der Waals surface area contributed by atoms with Gasteiger partial charge in [0.1, 0.15) is 0 Å². The molecule has 2 heterocycles. The highest BCUT2D eigenvalue weighted by molar-refractivity contribution is 5.91. The molecular formula is C19H22N4O3. The molecule has 0 fully saturated rings. The van der Waals surface area contributed by atoms with Crippen molar-refractivity contribution < 1.29 is 14.0 Å². The van der Waals surface area contributed by atoms with Crippen LogP contribution in [0.3, 0.4) is 0 Å². The molecule has 2 N–H and O–H groups in total. The standard InChI is InChI=1S/C19H22N4O3/c24-18(9-3-10-21-19(25)17-8-4-13-26-17)20-11-5-12-23-14-22-15-6-1-2-7-16(15)23/h1-2,4,6-8,13-14H,3,5,9-12H2,(H,20,24)(H,21,25). The molecule has 0 saturated carbocycles. The predicted molar refractivity (Wildman–Crippen MR) is 97.6 cm³/mol. The Morgan fingerprint density at radius 1 is 1.04 bits per heavy atom. The molecular weight excluding hydrogens is 332 g/mol. The number of nitrogens with zero attached hydrogens (tertiary/aromatic N) is 2. The number of nitrogens with one attached hydrogen (secondary N) is 2. The summed E-state index contributed by atoms with van der Waals surface area (Å²) in [5.41, 5.74) is 2.08. The van der Waals surface area contributed by atoms with Crippen LogP contribution in [0.1, 0.15) is 29.8 Å². The number of fused-ring (bicyclic) bond motifs is 1. The number of para-hydroxylation sites is 2. The highest BCUT2D eigenvalue weighted by Gasteiger charge is 2.08. The second kappa shape index (κ2) is 8.84. The quantitative estimate of drug-likeness (QED) is 0.577. The topological polar surface area (TPSA) is 89.2 Å². The second-order valence-corrected chi connectivity index (χ2v) is 5.97. The van der Waals surface area contributed by atoms with Crippen LogP contribution in [0.2, 0.25) is 0 Å². The van der Waals surface area contributed by atoms with Crippen molar-refractivity contribution in [3.05, 3.63) is 54.7 Å². The first-order chi connectivity index (χ1) is 12.7. The van der Waals surface area contributed by atoms with E-state index in [0.29, 0.717) is 25.9 Å². The van der Waals surface area contributed by atoms with Crippen LogP contribution in [-0.4, -0.2) is 34.5 Å². The summed E-state index contributed by atoms with van der Waals surface area (Å²) in [6.07, 6.45) is 5.08. The zero-order valence-electron chi connectivity index (χ0n) is 14.5. The Bertz CT molecular complexity index is 855. The smallest absolute Gasteiger partial charge is 0.286 e. The van der Waals surface area contributed by atoms with Gasteiger partial charge in [0, 0.05) is 26.1 Å². The zero-order valence-corrected chi connectivity index (χ0v) is 14.5. The number of carbonyl (C=O) groups excluding carboxylic acids is 2. The van der Waals surface area contributed by atoms with E-state index in [9.17, 15) is 9.59 Å². The largest absolute Gasteiger partial charge is 0.459 e. The van der Waals surface area contributed by atoms with Gasteiger partial charge in [-0.15, -0.1) is 0 Å². The van der Waals surface area contributed by atoms with Crippen LogP contribution < -0.4 is 10.6 Å². The van der Waals surface area contributed by atoms with Crippen molar-refractivity contribution in [2.24, 2.45) is 0 Å². The molecule has 0 radical (unpaired) electrons. The summed E-state index contributed by atoms with van der Waals surface area (Å²) in [7, 11) is 0. The summed E-state index contributed by atoms with van der Waals surface area (Å²) >= 11 is 0. The lowest BCUT2D eigenvalue weighted by Crippen LogP contribution is -2.28. The highest BCUT2D eigenvalue weighted by atomic mass is 16.3. The van der Waals surface area contributed by atoms with Crippen LogP contribution in [-0.2, 0) is 11.3 Å². The summed E-state index contributed by atoms with van der Waals surface area (Å²) in [4.78, 5) is 27.8. The Morgan fingerprint density at radius 3 is 2.73 bits per heavy atom. The average Bonchev–Trinajstić information content (AvgIpc) is 3.32. The van der Waals surface area contributed by atoms with Crippen molar-refractivity contribution in [2.75, 3.05) is 13.1 Å². The van der Waals surface area contributed by atoms with E-state index in [0.717, 1.165) is 24.0 Å². The summed E-state index contributed by atoms with van der Waals surface area (Å²) < 4.78 is 7.09. The first kappa shape index (κ1) is 17.7. The van der Waals surface area contributed by atoms with Gasteiger partial charge in [0.05, 0.1) is 23.6 Å². The Kier molecular flexibility index (Phi) is 6.03. The van der Waals surface area contributed by atoms with Gasteiger partial charge in [0.15, 0.2) is 5.76 Å². The minimum atomic E-state index is -0.261. The molecule has 0 bridgehead atoms. The Balaban J connectivity index is 1.28. The minimum Gasteiger partial charge on any atom is -0.459 e. The maximum absolute atomic E-state index is 11.8. The predicted octanol–water partition coefficient (Wildman–Crippen LogP) is 2.35. The van der Waals surface area contributed by atoms with Crippen LogP contribution in [0.5, 0.6) is 0 Å². The van der Waals surface area contributed by atoms with Crippen molar-refractivity contribution in [1.29, 1.82) is 0 Å². The third kappa shape index (κ3) is 4.72. The van der Waals surface area contributed by atoms with Gasteiger partial charge in [-0.25, -0.2) is 4.98 Å². The number of benzene rings is 1. The molecule has 0 saturated heterocycles. The van der Waals surface area contributed by atoms with E-state index in [2.05, 4.69) is 20.2 Å². The van der Waals surface area contributed by atoms with Gasteiger partial charge in [0.2, 0.25) is 5.91 Å². The molecule has 0 aliphatic heterocycles. The molecule has 136 valence electrons. The van der Waals surface area contributed by atoms with Crippen molar-refractivity contribution in [2.45, 2.75) is 25.8 Å². The van der Waals surface area contributed by atoms with Gasteiger partial charge in [0.25, 0.3) is 5.91 Å². The molecule has 1 aromatic carbocycles. The van der Waals surface area contributed by atoms with Crippen molar-refractivity contribution in [3.63, 3.8) is 0 Å². The number of hydrogen-bond donors (Lipinski definition) is 2. The molecule has 0 spiro atoms. The van der Waals surface area contributed by atoms with Gasteiger partial charge < -0.3 is 19.6 Å². The van der Waals surface area contributed by atoms with Gasteiger partial charge in [-0.3, -0.25) is 9.59 Å². The SMILES string of the molecule is O=C(CCCNC(=O)c1ccco1)NCCCn1cnc2ccccc21. The second-order valence-electron chi connectivity index (χ2n) is 5.97. The van der Waals surface area contributed by atoms with Crippen molar-refractivity contribution in [1.82, 2.24) is 20.2 Å². The van der Waals surface area contributed by atoms with Crippen molar-refractivity contribution in [3.8, 4) is 0 Å². The molecule has 26 heavy (non-hydrogen) atoms. The lowest BCUT2D eigenvalue weighted by Gasteiger charge is -2.07. The lowest BCUT2D eigenvalue weighted by atomic mass is 10.2. The summed E-state index contributed by atoms with van der Waals surface area (Å²) in [6, 6.07) is 11.3. The molecule has 2 aromatic heterocycles. The first-order valence-corrected chi connectivity index (χ1v) is 8.72. The fourth-order valence-electron chi connectivity index (χ4n) is 2.70. The monoisotopic (exact) mass is 354 g/mol. The van der Waals surface area contributed by atoms with E-state index in [1.807, 2.05) is 30.6 Å². The maximum Gasteiger partial charge on any atom is 0.286 e. The van der Waals surface area contributed by atoms with E-state index in [1.165, 1.54) is 6.26 Å². The van der Waals surface area contributed by atoms with Crippen molar-refractivity contribution >= 4 is 22.8 Å². The molecule has 0 aliphatic rings. The fourth-order valence-corrected chi connectivity index (χ4v) is 2.70. The lowest BCUT2D eigenvalue weighted by molar-refractivity contribution is -0.121. The molecule has 0 unspecified atom stereocenters. The Morgan fingerprint density at radius 2 is 1.88 bits per heavy atom. The van der Waals surface area contributed by atoms with E-state index in [1.54, 1.807) is 12.1 Å². The van der Waals surface area contributed by atoms with Gasteiger partial charge in [-0.2, -0.15) is 0 Å². The molecule has 0 atom stereocenters. The number of carbonyl (C=O) groups is 2. The van der Waals surface area contributed by atoms with E-state index < -0.39 is 0 Å². The summed E-state index contributed by atoms with van der Waals surface area (Å²) in [5, 5.41) is 5.63. The number of imidazole rings is 1. The molecule has 3 rings (SSSR count). The number of amides is 2. The number of aromatic nitrogens is 2. The Labute approximate surface area is 151 Å². The number of rotatable bonds is 9. The third-order valence-electron chi connectivity index (χ3n) is 4.04. The molecule has 0 aliphatic carbocycles. The Hall–Kier alpha value is -3.09. The molecule has 2 amide bonds. The summed E-state index contributed by atoms with van der Waals surface area (Å²) in [6.45, 7) is 1.86. The van der Waals surface area contributed by atoms with Crippen LogP contribution in [0.25, 0.3) is 11.0 Å². The summed E-state index contributed by atoms with van der Waals surface area (Å²) in [5.74, 6) is 0.0113. The van der Waals surface area contributed by atoms with Gasteiger partial charge in [-0.05, 0) is 37.1 Å². The van der Waals surface area contributed by atoms with Gasteiger partial charge >= 0.3 is 0 Å². The number of furan rings is 1. The maximum atomic E-state index is 11.8. The normalized spacial score (nSPS) is 10.8. The highest BCUT2D eigenvalue weighted by Crippen LogP contribution is 2.11. The number of aryl methyl sites for hydroxylation is 1. The third-order valence-corrected chi connectivity index (χ3v) is 4.04. The number of hydrogen-bond acceptors (Lipinski definition) is 4. The fraction of sp³-hybridized carbons (Fsp3) is 0.316. The first-order valence-electron chi connectivity index (χ1n) is 8.72. The molecule has 7 nitrogen and oxygen atoms in total. The molecule has 7 heteroatoms. The van der Waals surface area contributed by atoms with Crippen LogP contribution in [0, 0.1) is 0 Å². The zero-order chi connectivity index (χ0) is 18.2. The van der Waals surface area contributed by atoms with E-state index >= 15 is 0 Å². The van der Waals surface area contributed by atoms with Crippen LogP contribution >= 0.6 is 0 Å². The van der Waals surface area contributed by atoms with E-state index in [4.69, 9.17) is 4.42 Å². The average molecular weight is 354 g/mol. The van der Waals surface area contributed by atoms with Crippen LogP contribution in [0.15, 0.2) is 53.4 Å². The minimum absolute atomic E-state index is 0.00673. The molecule has 3 aromatic rings. The van der Waals surface area contributed by atoms with Crippen LogP contribution in [0.4, 0.5) is 0 Å². The van der Waals surface area contributed by atoms with E-state index in [-0.39, 0.29) is 17.6 Å². The van der Waals surface area contributed by atoms with Gasteiger partial charge in [-0.1, -0.05) is 12.1 Å².